The molecule has 0 unspecified atom stereocenters. The second-order valence-electron chi connectivity index (χ2n) is 1.25. The number of thioether (sulfide) groups is 1. The number of rotatable bonds is 0. The Morgan fingerprint density at radius 2 is 2.00 bits per heavy atom. The lowest BCUT2D eigenvalue weighted by Crippen LogP contribution is -3.00. The van der Waals surface area contributed by atoms with Crippen LogP contribution in [0.1, 0.15) is 6.92 Å². The Bertz CT molecular complexity index is 90.0. The molecule has 0 aromatic carbocycles. The molecule has 50 valence electrons. The lowest BCUT2D eigenvalue weighted by Gasteiger charge is -1.84. The number of hydroxylamine groups is 1. The SMILES string of the molecule is CS/C(C)=[N+](/C)O.[I-]. The summed E-state index contributed by atoms with van der Waals surface area (Å²) in [5.74, 6) is 0. The van der Waals surface area contributed by atoms with Crippen molar-refractivity contribution < 1.29 is 33.9 Å². The standard InChI is InChI=1S/C4H10NOS.HI/c1-4(7-3)5(2)6;/h6H,1-3H3;1H/q+1;/p-1/b5-4-;. The second kappa shape index (κ2) is 5.68. The maximum Gasteiger partial charge on any atom is 0.257 e. The van der Waals surface area contributed by atoms with Crippen LogP contribution in [0.2, 0.25) is 0 Å². The van der Waals surface area contributed by atoms with Crippen molar-refractivity contribution in [3.05, 3.63) is 0 Å². The van der Waals surface area contributed by atoms with E-state index >= 15 is 0 Å². The van der Waals surface area contributed by atoms with Crippen LogP contribution in [-0.4, -0.2) is 28.3 Å². The molecule has 0 aliphatic rings. The summed E-state index contributed by atoms with van der Waals surface area (Å²) >= 11 is 1.53. The third kappa shape index (κ3) is 4.70. The highest BCUT2D eigenvalue weighted by atomic mass is 127. The van der Waals surface area contributed by atoms with E-state index in [1.165, 1.54) is 11.8 Å². The first-order valence-electron chi connectivity index (χ1n) is 1.98. The largest absolute Gasteiger partial charge is 1.00 e. The van der Waals surface area contributed by atoms with Crippen molar-refractivity contribution in [1.29, 1.82) is 0 Å². The number of nitrogens with zero attached hydrogens (tertiary/aromatic N) is 1. The van der Waals surface area contributed by atoms with Gasteiger partial charge in [-0.3, -0.25) is 5.21 Å². The predicted molar refractivity (Wildman–Crippen MR) is 32.2 cm³/mol. The van der Waals surface area contributed by atoms with Gasteiger partial charge in [-0.05, 0) is 11.0 Å². The molecule has 0 aliphatic heterocycles. The fourth-order valence-electron chi connectivity index (χ4n) is 0.132. The molecule has 0 aromatic rings. The molecule has 1 N–H and O–H groups in total. The van der Waals surface area contributed by atoms with Gasteiger partial charge in [0.15, 0.2) is 7.05 Å². The molecule has 0 aliphatic carbocycles. The summed E-state index contributed by atoms with van der Waals surface area (Å²) in [5, 5.41) is 9.50. The zero-order valence-corrected chi connectivity index (χ0v) is 8.15. The topological polar surface area (TPSA) is 23.2 Å². The van der Waals surface area contributed by atoms with Gasteiger partial charge in [0, 0.05) is 6.92 Å². The smallest absolute Gasteiger partial charge is 0.257 e. The van der Waals surface area contributed by atoms with E-state index in [4.69, 9.17) is 5.21 Å². The minimum Gasteiger partial charge on any atom is -1.00 e. The van der Waals surface area contributed by atoms with Crippen LogP contribution in [0.25, 0.3) is 0 Å². The molecule has 0 atom stereocenters. The Labute approximate surface area is 71.0 Å². The first kappa shape index (κ1) is 11.4. The first-order valence-corrected chi connectivity index (χ1v) is 3.21. The molecule has 0 saturated heterocycles. The fraction of sp³-hybridized carbons (Fsp3) is 0.750. The first-order chi connectivity index (χ1) is 3.18. The van der Waals surface area contributed by atoms with Crippen LogP contribution in [-0.2, 0) is 0 Å². The molecule has 4 heteroatoms. The normalized spacial score (nSPS) is 11.9. The number of halogens is 1. The van der Waals surface area contributed by atoms with Crippen molar-refractivity contribution in [2.75, 3.05) is 13.3 Å². The van der Waals surface area contributed by atoms with Crippen molar-refractivity contribution >= 4 is 16.8 Å². The van der Waals surface area contributed by atoms with Crippen molar-refractivity contribution in [3.63, 3.8) is 0 Å². The summed E-state index contributed by atoms with van der Waals surface area (Å²) in [6.45, 7) is 1.85. The van der Waals surface area contributed by atoms with Crippen LogP contribution in [0.3, 0.4) is 0 Å². The van der Waals surface area contributed by atoms with Gasteiger partial charge in [0.05, 0.1) is 0 Å². The summed E-state index contributed by atoms with van der Waals surface area (Å²) in [4.78, 5) is 0. The quantitative estimate of drug-likeness (QED) is 0.131. The summed E-state index contributed by atoms with van der Waals surface area (Å²) in [5.41, 5.74) is 0. The number of hydrogen-bond acceptors (Lipinski definition) is 2. The molecule has 0 aromatic heterocycles. The van der Waals surface area contributed by atoms with E-state index in [1.54, 1.807) is 7.05 Å². The van der Waals surface area contributed by atoms with Gasteiger partial charge >= 0.3 is 0 Å². The van der Waals surface area contributed by atoms with Crippen molar-refractivity contribution in [2.45, 2.75) is 6.92 Å². The van der Waals surface area contributed by atoms with Crippen LogP contribution in [0.4, 0.5) is 0 Å². The highest BCUT2D eigenvalue weighted by Gasteiger charge is 1.96. The Balaban J connectivity index is 0. The predicted octanol–water partition coefficient (Wildman–Crippen LogP) is -2.20. The maximum absolute atomic E-state index is 8.60. The lowest BCUT2D eigenvalue weighted by molar-refractivity contribution is -0.752. The van der Waals surface area contributed by atoms with Crippen LogP contribution in [0.5, 0.6) is 0 Å². The van der Waals surface area contributed by atoms with Gasteiger partial charge in [0.2, 0.25) is 0 Å². The number of hydrogen-bond donors (Lipinski definition) is 1. The summed E-state index contributed by atoms with van der Waals surface area (Å²) < 4.78 is 1.10. The Hall–Kier alpha value is 0.550. The maximum atomic E-state index is 8.60. The van der Waals surface area contributed by atoms with Gasteiger partial charge in [0.25, 0.3) is 5.04 Å². The van der Waals surface area contributed by atoms with E-state index in [1.807, 2.05) is 13.2 Å². The van der Waals surface area contributed by atoms with E-state index in [0.29, 0.717) is 0 Å². The Morgan fingerprint density at radius 3 is 2.00 bits per heavy atom. The molecular formula is C4H10INOS. The van der Waals surface area contributed by atoms with Crippen LogP contribution < -0.4 is 24.0 Å². The van der Waals surface area contributed by atoms with Crippen LogP contribution in [0, 0.1) is 0 Å². The minimum atomic E-state index is 0. The molecule has 0 heterocycles. The molecule has 0 saturated carbocycles. The fourth-order valence-corrected chi connectivity index (χ4v) is 0.396. The lowest BCUT2D eigenvalue weighted by atomic mass is 10.9. The highest BCUT2D eigenvalue weighted by Crippen LogP contribution is 1.92. The molecule has 0 bridgehead atoms. The Morgan fingerprint density at radius 1 is 1.62 bits per heavy atom. The molecule has 2 nitrogen and oxygen atoms in total. The monoisotopic (exact) mass is 247 g/mol. The zero-order chi connectivity index (χ0) is 5.86. The van der Waals surface area contributed by atoms with E-state index in [9.17, 15) is 0 Å². The van der Waals surface area contributed by atoms with Crippen LogP contribution >= 0.6 is 11.8 Å². The summed E-state index contributed by atoms with van der Waals surface area (Å²) in [6.07, 6.45) is 1.92. The van der Waals surface area contributed by atoms with E-state index in [0.717, 1.165) is 9.78 Å². The van der Waals surface area contributed by atoms with Gasteiger partial charge in [0.1, 0.15) is 0 Å². The average molecular weight is 247 g/mol. The molecular weight excluding hydrogens is 237 g/mol. The Kier molecular flexibility index (Phi) is 8.07. The van der Waals surface area contributed by atoms with E-state index in [2.05, 4.69) is 0 Å². The van der Waals surface area contributed by atoms with Gasteiger partial charge in [-0.2, -0.15) is 0 Å². The van der Waals surface area contributed by atoms with Crippen molar-refractivity contribution in [2.24, 2.45) is 0 Å². The zero-order valence-electron chi connectivity index (χ0n) is 5.18. The third-order valence-electron chi connectivity index (χ3n) is 0.751. The van der Waals surface area contributed by atoms with Crippen LogP contribution in [0.15, 0.2) is 0 Å². The third-order valence-corrected chi connectivity index (χ3v) is 1.61. The minimum absolute atomic E-state index is 0. The molecule has 0 spiro atoms. The molecule has 0 rings (SSSR count). The average Bonchev–Trinajstić information content (AvgIpc) is 1.65. The summed E-state index contributed by atoms with van der Waals surface area (Å²) in [6, 6.07) is 0. The second-order valence-corrected chi connectivity index (χ2v) is 2.25. The summed E-state index contributed by atoms with van der Waals surface area (Å²) in [7, 11) is 1.60. The molecule has 8 heavy (non-hydrogen) atoms. The van der Waals surface area contributed by atoms with Gasteiger partial charge in [-0.1, -0.05) is 11.8 Å². The molecule has 0 amide bonds. The highest BCUT2D eigenvalue weighted by molar-refractivity contribution is 8.13. The molecule has 0 radical (unpaired) electrons. The van der Waals surface area contributed by atoms with Gasteiger partial charge in [-0.25, -0.2) is 0 Å². The van der Waals surface area contributed by atoms with E-state index in [-0.39, 0.29) is 24.0 Å². The van der Waals surface area contributed by atoms with E-state index < -0.39 is 0 Å². The van der Waals surface area contributed by atoms with Crippen molar-refractivity contribution in [3.8, 4) is 0 Å². The van der Waals surface area contributed by atoms with Gasteiger partial charge < -0.3 is 24.0 Å². The van der Waals surface area contributed by atoms with Gasteiger partial charge in [-0.15, -0.1) is 0 Å². The van der Waals surface area contributed by atoms with Crippen molar-refractivity contribution in [1.82, 2.24) is 0 Å². The molecule has 0 fully saturated rings.